The molecule has 1 aromatic rings. The van der Waals surface area contributed by atoms with E-state index in [0.717, 1.165) is 12.2 Å². The standard InChI is InChI=1S/C13H19N3O2/c1-4-16(3)9-13(18)15-12-7-5-11(6-8-12)14-10(2)17/h5-8H,4,9H2,1-3H3,(H,14,17)(H,15,18). The van der Waals surface area contributed by atoms with Crippen molar-refractivity contribution >= 4 is 23.2 Å². The van der Waals surface area contributed by atoms with Gasteiger partial charge >= 0.3 is 0 Å². The van der Waals surface area contributed by atoms with E-state index in [2.05, 4.69) is 10.6 Å². The summed E-state index contributed by atoms with van der Waals surface area (Å²) in [6, 6.07) is 7.02. The summed E-state index contributed by atoms with van der Waals surface area (Å²) in [7, 11) is 1.89. The number of nitrogens with zero attached hydrogens (tertiary/aromatic N) is 1. The molecule has 0 aliphatic heterocycles. The number of likely N-dealkylation sites (N-methyl/N-ethyl adjacent to an activating group) is 1. The molecule has 1 aromatic carbocycles. The van der Waals surface area contributed by atoms with Gasteiger partial charge in [0.05, 0.1) is 6.54 Å². The van der Waals surface area contributed by atoms with Crippen LogP contribution in [0.5, 0.6) is 0 Å². The van der Waals surface area contributed by atoms with Crippen LogP contribution in [-0.4, -0.2) is 36.9 Å². The maximum Gasteiger partial charge on any atom is 0.238 e. The van der Waals surface area contributed by atoms with E-state index < -0.39 is 0 Å². The normalized spacial score (nSPS) is 10.2. The van der Waals surface area contributed by atoms with E-state index in [9.17, 15) is 9.59 Å². The highest BCUT2D eigenvalue weighted by Crippen LogP contribution is 2.13. The highest BCUT2D eigenvalue weighted by atomic mass is 16.2. The molecule has 0 heterocycles. The first-order chi connectivity index (χ1) is 8.51. The van der Waals surface area contributed by atoms with Crippen LogP contribution in [0.25, 0.3) is 0 Å². The molecule has 5 nitrogen and oxygen atoms in total. The van der Waals surface area contributed by atoms with Crippen molar-refractivity contribution < 1.29 is 9.59 Å². The number of nitrogens with one attached hydrogen (secondary N) is 2. The van der Waals surface area contributed by atoms with E-state index in [4.69, 9.17) is 0 Å². The monoisotopic (exact) mass is 249 g/mol. The molecule has 0 saturated carbocycles. The van der Waals surface area contributed by atoms with Crippen LogP contribution in [0.2, 0.25) is 0 Å². The zero-order valence-corrected chi connectivity index (χ0v) is 11.0. The van der Waals surface area contributed by atoms with Crippen molar-refractivity contribution in [2.45, 2.75) is 13.8 Å². The minimum absolute atomic E-state index is 0.0494. The van der Waals surface area contributed by atoms with E-state index in [0.29, 0.717) is 12.2 Å². The van der Waals surface area contributed by atoms with E-state index in [-0.39, 0.29) is 11.8 Å². The van der Waals surface area contributed by atoms with Crippen LogP contribution in [0.1, 0.15) is 13.8 Å². The second kappa shape index (κ2) is 6.76. The van der Waals surface area contributed by atoms with E-state index >= 15 is 0 Å². The van der Waals surface area contributed by atoms with Gasteiger partial charge in [-0.2, -0.15) is 0 Å². The predicted molar refractivity (Wildman–Crippen MR) is 72.5 cm³/mol. The summed E-state index contributed by atoms with van der Waals surface area (Å²) >= 11 is 0. The van der Waals surface area contributed by atoms with Gasteiger partial charge < -0.3 is 10.6 Å². The summed E-state index contributed by atoms with van der Waals surface area (Å²) in [6.45, 7) is 4.64. The smallest absolute Gasteiger partial charge is 0.238 e. The summed E-state index contributed by atoms with van der Waals surface area (Å²) in [5, 5.41) is 5.46. The van der Waals surface area contributed by atoms with Crippen LogP contribution in [-0.2, 0) is 9.59 Å². The van der Waals surface area contributed by atoms with Crippen LogP contribution < -0.4 is 10.6 Å². The van der Waals surface area contributed by atoms with E-state index in [1.807, 2.05) is 18.9 Å². The third-order valence-corrected chi connectivity index (χ3v) is 2.44. The first-order valence-corrected chi connectivity index (χ1v) is 5.87. The van der Waals surface area contributed by atoms with Crippen molar-refractivity contribution in [3.05, 3.63) is 24.3 Å². The lowest BCUT2D eigenvalue weighted by molar-refractivity contribution is -0.117. The molecular weight excluding hydrogens is 230 g/mol. The van der Waals surface area contributed by atoms with Crippen molar-refractivity contribution in [2.75, 3.05) is 30.8 Å². The summed E-state index contributed by atoms with van der Waals surface area (Å²) in [5.41, 5.74) is 1.43. The molecule has 0 aliphatic rings. The third kappa shape index (κ3) is 4.97. The van der Waals surface area contributed by atoms with Gasteiger partial charge in [-0.1, -0.05) is 6.92 Å². The Morgan fingerprint density at radius 2 is 1.61 bits per heavy atom. The summed E-state index contributed by atoms with van der Waals surface area (Å²) < 4.78 is 0. The van der Waals surface area contributed by atoms with Gasteiger partial charge in [-0.05, 0) is 37.9 Å². The summed E-state index contributed by atoms with van der Waals surface area (Å²) in [5.74, 6) is -0.164. The van der Waals surface area contributed by atoms with Gasteiger partial charge in [0.15, 0.2) is 0 Å². The van der Waals surface area contributed by atoms with Crippen LogP contribution in [0, 0.1) is 0 Å². The lowest BCUT2D eigenvalue weighted by atomic mass is 10.2. The fraction of sp³-hybridized carbons (Fsp3) is 0.385. The number of hydrogen-bond acceptors (Lipinski definition) is 3. The third-order valence-electron chi connectivity index (χ3n) is 2.44. The Morgan fingerprint density at radius 3 is 2.06 bits per heavy atom. The van der Waals surface area contributed by atoms with E-state index in [1.54, 1.807) is 24.3 Å². The highest BCUT2D eigenvalue weighted by Gasteiger charge is 2.05. The van der Waals surface area contributed by atoms with Gasteiger partial charge in [0, 0.05) is 18.3 Å². The molecule has 0 spiro atoms. The van der Waals surface area contributed by atoms with Gasteiger partial charge in [-0.25, -0.2) is 0 Å². The number of carbonyl (C=O) groups is 2. The Morgan fingerprint density at radius 1 is 1.11 bits per heavy atom. The number of hydrogen-bond donors (Lipinski definition) is 2. The van der Waals surface area contributed by atoms with Gasteiger partial charge in [-0.3, -0.25) is 14.5 Å². The number of anilines is 2. The Labute approximate surface area is 107 Å². The second-order valence-corrected chi connectivity index (χ2v) is 4.14. The molecule has 98 valence electrons. The molecule has 0 aromatic heterocycles. The summed E-state index contributed by atoms with van der Waals surface area (Å²) in [6.07, 6.45) is 0. The molecule has 2 N–H and O–H groups in total. The van der Waals surface area contributed by atoms with Crippen LogP contribution >= 0.6 is 0 Å². The fourth-order valence-corrected chi connectivity index (χ4v) is 1.40. The number of rotatable bonds is 5. The largest absolute Gasteiger partial charge is 0.326 e. The molecule has 0 unspecified atom stereocenters. The maximum atomic E-state index is 11.6. The molecule has 0 saturated heterocycles. The highest BCUT2D eigenvalue weighted by molar-refractivity contribution is 5.93. The van der Waals surface area contributed by atoms with Crippen LogP contribution in [0.3, 0.4) is 0 Å². The number of benzene rings is 1. The molecule has 0 aliphatic carbocycles. The Hall–Kier alpha value is -1.88. The molecule has 0 atom stereocenters. The van der Waals surface area contributed by atoms with Gasteiger partial charge in [0.2, 0.25) is 11.8 Å². The maximum absolute atomic E-state index is 11.6. The molecule has 2 amide bonds. The number of carbonyl (C=O) groups excluding carboxylic acids is 2. The molecule has 0 radical (unpaired) electrons. The first-order valence-electron chi connectivity index (χ1n) is 5.87. The zero-order valence-electron chi connectivity index (χ0n) is 11.0. The van der Waals surface area contributed by atoms with Gasteiger partial charge in [0.1, 0.15) is 0 Å². The minimum atomic E-state index is -0.114. The van der Waals surface area contributed by atoms with Gasteiger partial charge in [0.25, 0.3) is 0 Å². The lowest BCUT2D eigenvalue weighted by Gasteiger charge is -2.13. The van der Waals surface area contributed by atoms with Crippen LogP contribution in [0.15, 0.2) is 24.3 Å². The molecule has 5 heteroatoms. The summed E-state index contributed by atoms with van der Waals surface area (Å²) in [4.78, 5) is 24.4. The average molecular weight is 249 g/mol. The average Bonchev–Trinajstić information content (AvgIpc) is 2.30. The van der Waals surface area contributed by atoms with Gasteiger partial charge in [-0.15, -0.1) is 0 Å². The molecule has 18 heavy (non-hydrogen) atoms. The van der Waals surface area contributed by atoms with Crippen molar-refractivity contribution in [3.63, 3.8) is 0 Å². The van der Waals surface area contributed by atoms with Crippen molar-refractivity contribution in [1.29, 1.82) is 0 Å². The first kappa shape index (κ1) is 14.2. The lowest BCUT2D eigenvalue weighted by Crippen LogP contribution is -2.29. The van der Waals surface area contributed by atoms with E-state index in [1.165, 1.54) is 6.92 Å². The number of amides is 2. The SMILES string of the molecule is CCN(C)CC(=O)Nc1ccc(NC(C)=O)cc1. The van der Waals surface area contributed by atoms with Crippen molar-refractivity contribution in [1.82, 2.24) is 4.90 Å². The molecule has 0 fully saturated rings. The zero-order chi connectivity index (χ0) is 13.5. The second-order valence-electron chi connectivity index (χ2n) is 4.14. The van der Waals surface area contributed by atoms with Crippen molar-refractivity contribution in [2.24, 2.45) is 0 Å². The quantitative estimate of drug-likeness (QED) is 0.832. The minimum Gasteiger partial charge on any atom is -0.326 e. The Kier molecular flexibility index (Phi) is 5.32. The molecule has 0 bridgehead atoms. The predicted octanol–water partition coefficient (Wildman–Crippen LogP) is 1.54. The Balaban J connectivity index is 2.53. The Bertz CT molecular complexity index is 415. The molecule has 1 rings (SSSR count). The molecular formula is C13H19N3O2. The van der Waals surface area contributed by atoms with Crippen LogP contribution in [0.4, 0.5) is 11.4 Å². The van der Waals surface area contributed by atoms with Crippen molar-refractivity contribution in [3.8, 4) is 0 Å². The topological polar surface area (TPSA) is 61.4 Å². The fourth-order valence-electron chi connectivity index (χ4n) is 1.40.